The van der Waals surface area contributed by atoms with E-state index in [0.717, 1.165) is 16.9 Å². The Labute approximate surface area is 145 Å². The lowest BCUT2D eigenvalue weighted by molar-refractivity contribution is -0.134. The highest BCUT2D eigenvalue weighted by Crippen LogP contribution is 2.22. The number of anilines is 1. The summed E-state index contributed by atoms with van der Waals surface area (Å²) in [5, 5.41) is 11.4. The Bertz CT molecular complexity index is 836. The summed E-state index contributed by atoms with van der Waals surface area (Å²) in [7, 11) is 0. The van der Waals surface area contributed by atoms with Crippen LogP contribution in [-0.4, -0.2) is 27.6 Å². The molecule has 25 heavy (non-hydrogen) atoms. The van der Waals surface area contributed by atoms with Gasteiger partial charge in [0.2, 0.25) is 0 Å². The third kappa shape index (κ3) is 4.78. The predicted octanol–water partition coefficient (Wildman–Crippen LogP) is 3.22. The van der Waals surface area contributed by atoms with Crippen molar-refractivity contribution in [2.75, 3.05) is 11.9 Å². The summed E-state index contributed by atoms with van der Waals surface area (Å²) in [5.74, 6) is 0.294. The van der Waals surface area contributed by atoms with Crippen LogP contribution in [-0.2, 0) is 11.4 Å². The lowest BCUT2D eigenvalue weighted by atomic mass is 10.1. The molecule has 0 atom stereocenters. The van der Waals surface area contributed by atoms with E-state index in [2.05, 4.69) is 15.3 Å². The van der Waals surface area contributed by atoms with Crippen LogP contribution in [0.3, 0.4) is 0 Å². The maximum atomic E-state index is 10.6. The summed E-state index contributed by atoms with van der Waals surface area (Å²) in [4.78, 5) is 18.8. The summed E-state index contributed by atoms with van der Waals surface area (Å²) >= 11 is 0. The van der Waals surface area contributed by atoms with Gasteiger partial charge < -0.3 is 15.2 Å². The second-order valence-corrected chi connectivity index (χ2v) is 5.33. The minimum Gasteiger partial charge on any atom is -0.489 e. The zero-order chi connectivity index (χ0) is 17.5. The van der Waals surface area contributed by atoms with Crippen molar-refractivity contribution < 1.29 is 14.6 Å². The lowest BCUT2D eigenvalue weighted by Gasteiger charge is -2.08. The number of aliphatic carboxylic acids is 1. The molecule has 0 saturated carbocycles. The molecule has 0 spiro atoms. The highest BCUT2D eigenvalue weighted by molar-refractivity contribution is 5.72. The van der Waals surface area contributed by atoms with E-state index in [1.807, 2.05) is 54.6 Å². The van der Waals surface area contributed by atoms with Gasteiger partial charge in [0, 0.05) is 11.6 Å². The molecule has 0 fully saturated rings. The van der Waals surface area contributed by atoms with Gasteiger partial charge in [-0.25, -0.2) is 9.97 Å². The van der Waals surface area contributed by atoms with E-state index in [1.165, 1.54) is 6.33 Å². The molecular weight excluding hydrogens is 318 g/mol. The average molecular weight is 335 g/mol. The van der Waals surface area contributed by atoms with E-state index in [-0.39, 0.29) is 6.54 Å². The maximum Gasteiger partial charge on any atom is 0.322 e. The lowest BCUT2D eigenvalue weighted by Crippen LogP contribution is -2.13. The largest absolute Gasteiger partial charge is 0.489 e. The molecular formula is C19H17N3O3. The van der Waals surface area contributed by atoms with Gasteiger partial charge in [0.25, 0.3) is 0 Å². The highest BCUT2D eigenvalue weighted by Gasteiger charge is 2.04. The van der Waals surface area contributed by atoms with E-state index in [4.69, 9.17) is 9.84 Å². The van der Waals surface area contributed by atoms with E-state index in [0.29, 0.717) is 18.1 Å². The molecule has 6 heteroatoms. The van der Waals surface area contributed by atoms with Gasteiger partial charge >= 0.3 is 5.97 Å². The van der Waals surface area contributed by atoms with E-state index in [1.54, 1.807) is 6.07 Å². The summed E-state index contributed by atoms with van der Waals surface area (Å²) in [6.07, 6.45) is 1.40. The molecule has 1 heterocycles. The average Bonchev–Trinajstić information content (AvgIpc) is 2.66. The molecule has 0 saturated heterocycles. The van der Waals surface area contributed by atoms with Crippen molar-refractivity contribution in [3.63, 3.8) is 0 Å². The van der Waals surface area contributed by atoms with Crippen LogP contribution in [0.15, 0.2) is 67.0 Å². The van der Waals surface area contributed by atoms with Gasteiger partial charge in [-0.15, -0.1) is 0 Å². The number of ether oxygens (including phenoxy) is 1. The summed E-state index contributed by atoms with van der Waals surface area (Å²) in [6, 6.07) is 19.2. The Morgan fingerprint density at radius 1 is 1.04 bits per heavy atom. The first-order valence-corrected chi connectivity index (χ1v) is 7.75. The molecule has 0 aliphatic heterocycles. The third-order valence-corrected chi connectivity index (χ3v) is 3.49. The van der Waals surface area contributed by atoms with Crippen LogP contribution < -0.4 is 10.1 Å². The first-order valence-electron chi connectivity index (χ1n) is 7.75. The van der Waals surface area contributed by atoms with Crippen molar-refractivity contribution in [3.05, 3.63) is 72.6 Å². The maximum absolute atomic E-state index is 10.6. The zero-order valence-electron chi connectivity index (χ0n) is 13.4. The number of nitrogens with zero attached hydrogens (tertiary/aromatic N) is 2. The van der Waals surface area contributed by atoms with Gasteiger partial charge in [0.1, 0.15) is 31.0 Å². The number of carbonyl (C=O) groups is 1. The SMILES string of the molecule is O=C(O)CNc1cc(-c2ccc(OCc3ccccc3)cc2)ncn1. The number of aromatic nitrogens is 2. The van der Waals surface area contributed by atoms with E-state index in [9.17, 15) is 4.79 Å². The number of hydrogen-bond donors (Lipinski definition) is 2. The van der Waals surface area contributed by atoms with Gasteiger partial charge in [0.05, 0.1) is 5.69 Å². The van der Waals surface area contributed by atoms with Gasteiger partial charge in [-0.2, -0.15) is 0 Å². The molecule has 6 nitrogen and oxygen atoms in total. The van der Waals surface area contributed by atoms with Crippen LogP contribution in [0.5, 0.6) is 5.75 Å². The fraction of sp³-hybridized carbons (Fsp3) is 0.105. The normalized spacial score (nSPS) is 10.2. The van der Waals surface area contributed by atoms with Crippen molar-refractivity contribution in [3.8, 4) is 17.0 Å². The summed E-state index contributed by atoms with van der Waals surface area (Å²) in [6.45, 7) is 0.319. The Hall–Kier alpha value is -3.41. The third-order valence-electron chi connectivity index (χ3n) is 3.49. The van der Waals surface area contributed by atoms with Crippen LogP contribution in [0, 0.1) is 0 Å². The Balaban J connectivity index is 1.65. The Morgan fingerprint density at radius 3 is 2.52 bits per heavy atom. The first kappa shape index (κ1) is 16.4. The number of carboxylic acid groups (broad SMARTS) is 1. The number of hydrogen-bond acceptors (Lipinski definition) is 5. The quantitative estimate of drug-likeness (QED) is 0.690. The molecule has 3 aromatic rings. The molecule has 0 bridgehead atoms. The predicted molar refractivity (Wildman–Crippen MR) is 94.4 cm³/mol. The molecule has 1 aromatic heterocycles. The summed E-state index contributed by atoms with van der Waals surface area (Å²) in [5.41, 5.74) is 2.71. The van der Waals surface area contributed by atoms with E-state index >= 15 is 0 Å². The molecule has 2 aromatic carbocycles. The topological polar surface area (TPSA) is 84.3 Å². The molecule has 0 unspecified atom stereocenters. The standard InChI is InChI=1S/C19H17N3O3/c23-19(24)11-20-18-10-17(21-13-22-18)15-6-8-16(9-7-15)25-12-14-4-2-1-3-5-14/h1-10,13H,11-12H2,(H,23,24)(H,20,21,22). The highest BCUT2D eigenvalue weighted by atomic mass is 16.5. The number of benzene rings is 2. The monoisotopic (exact) mass is 335 g/mol. The molecule has 126 valence electrons. The molecule has 0 radical (unpaired) electrons. The van der Waals surface area contributed by atoms with Crippen LogP contribution in [0.1, 0.15) is 5.56 Å². The van der Waals surface area contributed by atoms with Gasteiger partial charge in [-0.05, 0) is 29.8 Å². The van der Waals surface area contributed by atoms with Crippen molar-refractivity contribution in [1.29, 1.82) is 0 Å². The number of rotatable bonds is 7. The van der Waals surface area contributed by atoms with Crippen molar-refractivity contribution in [2.24, 2.45) is 0 Å². The zero-order valence-corrected chi connectivity index (χ0v) is 13.4. The van der Waals surface area contributed by atoms with Crippen LogP contribution in [0.4, 0.5) is 5.82 Å². The fourth-order valence-electron chi connectivity index (χ4n) is 2.24. The van der Waals surface area contributed by atoms with Crippen molar-refractivity contribution in [2.45, 2.75) is 6.61 Å². The number of carboxylic acids is 1. The first-order chi connectivity index (χ1) is 12.2. The van der Waals surface area contributed by atoms with Gasteiger partial charge in [-0.3, -0.25) is 4.79 Å². The molecule has 0 aliphatic rings. The van der Waals surface area contributed by atoms with Crippen LogP contribution >= 0.6 is 0 Å². The second kappa shape index (κ2) is 7.92. The van der Waals surface area contributed by atoms with Crippen molar-refractivity contribution in [1.82, 2.24) is 9.97 Å². The number of nitrogens with one attached hydrogen (secondary N) is 1. The fourth-order valence-corrected chi connectivity index (χ4v) is 2.24. The minimum absolute atomic E-state index is 0.192. The molecule has 0 aliphatic carbocycles. The van der Waals surface area contributed by atoms with Crippen molar-refractivity contribution >= 4 is 11.8 Å². The molecule has 2 N–H and O–H groups in total. The smallest absolute Gasteiger partial charge is 0.322 e. The van der Waals surface area contributed by atoms with Gasteiger partial charge in [0.15, 0.2) is 0 Å². The van der Waals surface area contributed by atoms with E-state index < -0.39 is 5.97 Å². The Morgan fingerprint density at radius 2 is 1.80 bits per heavy atom. The molecule has 0 amide bonds. The van der Waals surface area contributed by atoms with Gasteiger partial charge in [-0.1, -0.05) is 30.3 Å². The van der Waals surface area contributed by atoms with Crippen LogP contribution in [0.2, 0.25) is 0 Å². The minimum atomic E-state index is -0.944. The second-order valence-electron chi connectivity index (χ2n) is 5.33. The molecule has 3 rings (SSSR count). The summed E-state index contributed by atoms with van der Waals surface area (Å²) < 4.78 is 5.76. The Kier molecular flexibility index (Phi) is 5.21. The van der Waals surface area contributed by atoms with Crippen LogP contribution in [0.25, 0.3) is 11.3 Å².